The second-order valence-corrected chi connectivity index (χ2v) is 22.8. The molecule has 378 valence electrons. The molecule has 1 aliphatic carbocycles. The first kappa shape index (κ1) is 51.7. The molecule has 19 heteroatoms. The molecule has 8 rings (SSSR count). The summed E-state index contributed by atoms with van der Waals surface area (Å²) in [6, 6.07) is 16.2. The number of carbonyl (C=O) groups excluding carboxylic acids is 4. The summed E-state index contributed by atoms with van der Waals surface area (Å²) in [6.45, 7) is 17.7. The number of benzene rings is 2. The van der Waals surface area contributed by atoms with Crippen molar-refractivity contribution in [3.8, 4) is 22.3 Å². The summed E-state index contributed by atoms with van der Waals surface area (Å²) < 4.78 is 12.2. The molecule has 2 bridgehead atoms. The highest BCUT2D eigenvalue weighted by atomic mass is 35.5. The lowest BCUT2D eigenvalue weighted by molar-refractivity contribution is -0.164. The zero-order chi connectivity index (χ0) is 51.2. The number of nitrogens with one attached hydrogen (secondary N) is 3. The first-order valence-electron chi connectivity index (χ1n) is 24.0. The van der Waals surface area contributed by atoms with E-state index in [0.717, 1.165) is 41.5 Å². The molecular weight excluding hydrogens is 946 g/mol. The van der Waals surface area contributed by atoms with Gasteiger partial charge >= 0.3 is 0 Å². The van der Waals surface area contributed by atoms with Gasteiger partial charge in [0, 0.05) is 79.4 Å². The maximum absolute atomic E-state index is 14.1. The second-order valence-electron chi connectivity index (χ2n) is 21.5. The quantitative estimate of drug-likeness (QED) is 0.0718. The Hall–Kier alpha value is -5.68. The lowest BCUT2D eigenvalue weighted by atomic mass is 9.49. The van der Waals surface area contributed by atoms with Crippen LogP contribution in [0, 0.1) is 34.5 Å². The van der Waals surface area contributed by atoms with E-state index >= 15 is 0 Å². The monoisotopic (exact) mass is 1010 g/mol. The third-order valence-corrected chi connectivity index (χ3v) is 15.9. The maximum Gasteiger partial charge on any atom is 0.253 e. The number of aromatic nitrogens is 2. The van der Waals surface area contributed by atoms with Crippen LogP contribution in [0.1, 0.15) is 94.7 Å². The van der Waals surface area contributed by atoms with Crippen molar-refractivity contribution < 1.29 is 38.9 Å². The molecule has 5 heterocycles. The first-order valence-corrected chi connectivity index (χ1v) is 25.3. The molecule has 3 aliphatic heterocycles. The van der Waals surface area contributed by atoms with Crippen LogP contribution in [0.5, 0.6) is 5.75 Å². The number of hydrogen-bond donors (Lipinski definition) is 5. The number of ether oxygens (including phenoxy) is 2. The molecule has 4 amide bonds. The molecule has 4 aromatic rings. The number of nitriles is 1. The Bertz CT molecular complexity index is 2650. The van der Waals surface area contributed by atoms with E-state index in [1.165, 1.54) is 16.2 Å². The van der Waals surface area contributed by atoms with Crippen LogP contribution in [0.4, 0.5) is 5.82 Å². The molecule has 4 aliphatic rings. The van der Waals surface area contributed by atoms with Crippen LogP contribution in [0.15, 0.2) is 66.3 Å². The van der Waals surface area contributed by atoms with Crippen molar-refractivity contribution in [2.75, 3.05) is 44.3 Å². The van der Waals surface area contributed by atoms with Crippen molar-refractivity contribution in [1.29, 1.82) is 5.26 Å². The highest BCUT2D eigenvalue weighted by Gasteiger charge is 2.64. The van der Waals surface area contributed by atoms with E-state index in [9.17, 15) is 34.7 Å². The van der Waals surface area contributed by atoms with Gasteiger partial charge in [-0.05, 0) is 48.6 Å². The van der Waals surface area contributed by atoms with E-state index in [-0.39, 0.29) is 49.7 Å². The van der Waals surface area contributed by atoms with Gasteiger partial charge in [-0.1, -0.05) is 84.3 Å². The predicted octanol–water partition coefficient (Wildman–Crippen LogP) is 5.23. The molecule has 3 saturated heterocycles. The van der Waals surface area contributed by atoms with Crippen LogP contribution in [0.25, 0.3) is 10.4 Å². The Morgan fingerprint density at radius 1 is 0.972 bits per heavy atom. The molecule has 6 atom stereocenters. The van der Waals surface area contributed by atoms with E-state index in [4.69, 9.17) is 26.1 Å². The Balaban J connectivity index is 0.774. The Labute approximate surface area is 423 Å². The zero-order valence-electron chi connectivity index (χ0n) is 41.4. The van der Waals surface area contributed by atoms with Crippen molar-refractivity contribution in [1.82, 2.24) is 35.7 Å². The highest BCUT2D eigenvalue weighted by molar-refractivity contribution is 7.13. The summed E-state index contributed by atoms with van der Waals surface area (Å²) in [5.41, 5.74) is 3.34. The Morgan fingerprint density at radius 2 is 1.70 bits per heavy atom. The van der Waals surface area contributed by atoms with E-state index in [1.54, 1.807) is 42.0 Å². The molecule has 1 saturated carbocycles. The summed E-state index contributed by atoms with van der Waals surface area (Å²) in [5, 5.41) is 39.8. The van der Waals surface area contributed by atoms with E-state index in [1.807, 2.05) is 52.0 Å². The van der Waals surface area contributed by atoms with Crippen LogP contribution in [0.3, 0.4) is 0 Å². The van der Waals surface area contributed by atoms with E-state index in [0.29, 0.717) is 40.6 Å². The number of carbonyl (C=O) groups is 4. The number of hydrogen-bond acceptors (Lipinski definition) is 14. The molecule has 0 radical (unpaired) electrons. The standard InChI is InChI=1S/C52H64ClN9O8S/c1-29-42(71-28-56-29)30-9-11-31(12-10-30)44(65)58-46(67)39-20-36(63)26-62(39)47(68)43(50(2,3)4)57-41(64)27-69-18-17-60-24-35-19-34(60)25-61(35)40-16-14-33(23-55-40)45(66)59-48-51(5,6)49(52(48,7)8)70-37-15-13-32(22-54)38(53)21-37/h9-16,21,23,28,34-36,39,43-44,48-49,63,65H,17-20,24-27H2,1-8H3,(H,57,64)(H,58,67)(H,59,66)/t34-,35-,36-,39+,43-,44+,48-,49-/m1/s1. The number of nitrogens with zero attached hydrogens (tertiary/aromatic N) is 6. The first-order chi connectivity index (χ1) is 33.6. The van der Waals surface area contributed by atoms with Gasteiger partial charge in [0.15, 0.2) is 6.23 Å². The van der Waals surface area contributed by atoms with Gasteiger partial charge in [-0.3, -0.25) is 24.1 Å². The molecule has 2 aromatic carbocycles. The van der Waals surface area contributed by atoms with Gasteiger partial charge in [0.25, 0.3) is 5.91 Å². The van der Waals surface area contributed by atoms with Crippen molar-refractivity contribution in [2.24, 2.45) is 16.2 Å². The normalized spacial score (nSPS) is 24.1. The number of fused-ring (bicyclic) bond motifs is 2. The van der Waals surface area contributed by atoms with Crippen molar-refractivity contribution in [2.45, 2.75) is 117 Å². The van der Waals surface area contributed by atoms with E-state index < -0.39 is 58.4 Å². The van der Waals surface area contributed by atoms with Crippen LogP contribution in [-0.2, 0) is 19.1 Å². The number of rotatable bonds is 16. The molecule has 4 fully saturated rings. The number of halogens is 1. The number of likely N-dealkylation sites (tertiary alicyclic amines) is 2. The number of amides is 4. The number of aliphatic hydroxyl groups is 2. The fourth-order valence-electron chi connectivity index (χ4n) is 11.2. The molecular formula is C52H64ClN9O8S. The minimum Gasteiger partial charge on any atom is -0.489 e. The zero-order valence-corrected chi connectivity index (χ0v) is 43.0. The molecule has 17 nitrogen and oxygen atoms in total. The van der Waals surface area contributed by atoms with Gasteiger partial charge in [0.05, 0.1) is 44.9 Å². The van der Waals surface area contributed by atoms with Crippen LogP contribution in [0.2, 0.25) is 5.02 Å². The molecule has 2 aromatic heterocycles. The predicted molar refractivity (Wildman–Crippen MR) is 268 cm³/mol. The largest absolute Gasteiger partial charge is 0.489 e. The SMILES string of the molecule is Cc1ncsc1-c1ccc([C@H](O)NC(=O)[C@@H]2C[C@@H](O)CN2C(=O)[C@@H](NC(=O)COCCN2C[C@H]3C[C@@H]2CN3c2ccc(C(=O)N[C@H]3C(C)(C)[C@H](Oc4ccc(C#N)c(Cl)c4)C3(C)C)cn2)C(C)(C)C)cc1. The average molecular weight is 1010 g/mol. The van der Waals surface area contributed by atoms with Gasteiger partial charge in [-0.15, -0.1) is 11.3 Å². The average Bonchev–Trinajstić information content (AvgIpc) is 4.14. The molecule has 71 heavy (non-hydrogen) atoms. The lowest BCUT2D eigenvalue weighted by Crippen LogP contribution is -2.74. The number of pyridine rings is 1. The minimum atomic E-state index is -1.35. The van der Waals surface area contributed by atoms with Gasteiger partial charge in [0.1, 0.15) is 42.4 Å². The molecule has 0 unspecified atom stereocenters. The number of piperazine rings is 1. The lowest BCUT2D eigenvalue weighted by Gasteiger charge is -2.63. The number of aryl methyl sites for hydroxylation is 1. The van der Waals surface area contributed by atoms with Gasteiger partial charge in [-0.25, -0.2) is 9.97 Å². The topological polar surface area (TPSA) is 223 Å². The van der Waals surface area contributed by atoms with E-state index in [2.05, 4.69) is 64.5 Å². The van der Waals surface area contributed by atoms with Crippen molar-refractivity contribution in [3.05, 3.63) is 93.7 Å². The Morgan fingerprint density at radius 3 is 2.31 bits per heavy atom. The smallest absolute Gasteiger partial charge is 0.253 e. The fourth-order valence-corrected chi connectivity index (χ4v) is 12.2. The van der Waals surface area contributed by atoms with Crippen LogP contribution < -0.4 is 25.6 Å². The molecule has 5 N–H and O–H groups in total. The van der Waals surface area contributed by atoms with Crippen molar-refractivity contribution >= 4 is 52.4 Å². The summed E-state index contributed by atoms with van der Waals surface area (Å²) in [4.78, 5) is 70.4. The minimum absolute atomic E-state index is 0.0172. The summed E-state index contributed by atoms with van der Waals surface area (Å²) >= 11 is 7.77. The number of β-amino-alcohol motifs (C(OH)–C–C–N with tert-alkyl or cyclic N) is 1. The molecule has 0 spiro atoms. The van der Waals surface area contributed by atoms with Crippen LogP contribution in [-0.4, -0.2) is 135 Å². The number of anilines is 1. The number of aliphatic hydroxyl groups excluding tert-OH is 2. The maximum atomic E-state index is 14.1. The highest BCUT2D eigenvalue weighted by Crippen LogP contribution is 2.55. The summed E-state index contributed by atoms with van der Waals surface area (Å²) in [6.07, 6.45) is 0.0216. The summed E-state index contributed by atoms with van der Waals surface area (Å²) in [5.74, 6) is -0.444. The fraction of sp³-hybridized carbons (Fsp3) is 0.519. The number of thiazole rings is 1. The third kappa shape index (κ3) is 10.8. The Kier molecular flexibility index (Phi) is 14.9. The second kappa shape index (κ2) is 20.4. The van der Waals surface area contributed by atoms with Crippen LogP contribution >= 0.6 is 22.9 Å². The van der Waals surface area contributed by atoms with Gasteiger partial charge in [-0.2, -0.15) is 5.26 Å². The summed E-state index contributed by atoms with van der Waals surface area (Å²) in [7, 11) is 0. The van der Waals surface area contributed by atoms with Gasteiger partial charge in [0.2, 0.25) is 17.7 Å². The van der Waals surface area contributed by atoms with Gasteiger partial charge < -0.3 is 45.4 Å². The third-order valence-electron chi connectivity index (χ3n) is 14.6. The van der Waals surface area contributed by atoms with Crippen molar-refractivity contribution in [3.63, 3.8) is 0 Å².